The van der Waals surface area contributed by atoms with Gasteiger partial charge >= 0.3 is 0 Å². The number of fused-ring (bicyclic) bond motifs is 1. The third-order valence-electron chi connectivity index (χ3n) is 3.51. The summed E-state index contributed by atoms with van der Waals surface area (Å²) in [6, 6.07) is 17.0. The molecule has 1 N–H and O–H groups in total. The van der Waals surface area contributed by atoms with Gasteiger partial charge in [-0.05, 0) is 49.1 Å². The Morgan fingerprint density at radius 1 is 1.10 bits per heavy atom. The van der Waals surface area contributed by atoms with Crippen molar-refractivity contribution >= 4 is 38.7 Å². The van der Waals surface area contributed by atoms with E-state index < -0.39 is 0 Å². The Morgan fingerprint density at radius 3 is 2.70 bits per heavy atom. The Bertz CT molecular complexity index is 715. The standard InChI is InChI=1S/C17H16ClNS/c1-11-14(18)7-5-8-15(11)19-12(2)17-10-13-6-3-4-9-16(13)20-17/h3-10,12,19H,1-2H3. The second-order valence-electron chi connectivity index (χ2n) is 4.97. The van der Waals surface area contributed by atoms with Gasteiger partial charge in [0, 0.05) is 20.3 Å². The zero-order valence-electron chi connectivity index (χ0n) is 11.5. The fourth-order valence-corrected chi connectivity index (χ4v) is 3.53. The molecule has 0 aliphatic rings. The second-order valence-corrected chi connectivity index (χ2v) is 6.49. The zero-order chi connectivity index (χ0) is 14.1. The van der Waals surface area contributed by atoms with Gasteiger partial charge in [-0.2, -0.15) is 0 Å². The van der Waals surface area contributed by atoms with E-state index in [0.29, 0.717) is 0 Å². The maximum Gasteiger partial charge on any atom is 0.0579 e. The molecule has 0 fully saturated rings. The Labute approximate surface area is 128 Å². The van der Waals surface area contributed by atoms with Crippen molar-refractivity contribution in [3.05, 3.63) is 64.0 Å². The van der Waals surface area contributed by atoms with Crippen LogP contribution in [0.4, 0.5) is 5.69 Å². The number of halogens is 1. The minimum atomic E-state index is 0.268. The van der Waals surface area contributed by atoms with Crippen LogP contribution in [-0.2, 0) is 0 Å². The molecule has 0 aliphatic heterocycles. The molecule has 0 bridgehead atoms. The molecule has 0 saturated carbocycles. The first kappa shape index (κ1) is 13.5. The first-order valence-electron chi connectivity index (χ1n) is 6.65. The van der Waals surface area contributed by atoms with Gasteiger partial charge in [0.1, 0.15) is 0 Å². The number of benzene rings is 2. The van der Waals surface area contributed by atoms with Crippen LogP contribution < -0.4 is 5.32 Å². The van der Waals surface area contributed by atoms with Crippen molar-refractivity contribution in [2.75, 3.05) is 5.32 Å². The van der Waals surface area contributed by atoms with E-state index in [1.807, 2.05) is 30.4 Å². The molecule has 3 rings (SSSR count). The van der Waals surface area contributed by atoms with Crippen LogP contribution in [0.5, 0.6) is 0 Å². The molecule has 0 spiro atoms. The molecule has 0 amide bonds. The van der Waals surface area contributed by atoms with Gasteiger partial charge < -0.3 is 5.32 Å². The molecular weight excluding hydrogens is 286 g/mol. The van der Waals surface area contributed by atoms with Crippen molar-refractivity contribution in [2.45, 2.75) is 19.9 Å². The average molecular weight is 302 g/mol. The number of rotatable bonds is 3. The summed E-state index contributed by atoms with van der Waals surface area (Å²) in [5.74, 6) is 0. The quantitative estimate of drug-likeness (QED) is 0.622. The number of nitrogens with one attached hydrogen (secondary N) is 1. The summed E-state index contributed by atoms with van der Waals surface area (Å²) in [4.78, 5) is 1.34. The Kier molecular flexibility index (Phi) is 3.68. The first-order chi connectivity index (χ1) is 9.65. The molecule has 2 aromatic carbocycles. The normalized spacial score (nSPS) is 12.6. The second kappa shape index (κ2) is 5.47. The maximum atomic E-state index is 6.17. The van der Waals surface area contributed by atoms with Gasteiger partial charge in [-0.3, -0.25) is 0 Å². The van der Waals surface area contributed by atoms with Gasteiger partial charge in [-0.1, -0.05) is 35.9 Å². The van der Waals surface area contributed by atoms with Crippen LogP contribution in [0, 0.1) is 6.92 Å². The summed E-state index contributed by atoms with van der Waals surface area (Å²) in [6.07, 6.45) is 0. The van der Waals surface area contributed by atoms with Crippen LogP contribution in [0.1, 0.15) is 23.4 Å². The predicted octanol–water partition coefficient (Wildman–Crippen LogP) is 6.04. The minimum absolute atomic E-state index is 0.268. The van der Waals surface area contributed by atoms with E-state index in [1.165, 1.54) is 15.0 Å². The van der Waals surface area contributed by atoms with Crippen LogP contribution in [-0.4, -0.2) is 0 Å². The van der Waals surface area contributed by atoms with Crippen molar-refractivity contribution in [2.24, 2.45) is 0 Å². The molecule has 1 heterocycles. The highest BCUT2D eigenvalue weighted by Gasteiger charge is 2.11. The van der Waals surface area contributed by atoms with E-state index >= 15 is 0 Å². The van der Waals surface area contributed by atoms with Crippen molar-refractivity contribution in [3.63, 3.8) is 0 Å². The van der Waals surface area contributed by atoms with Crippen LogP contribution in [0.3, 0.4) is 0 Å². The van der Waals surface area contributed by atoms with Gasteiger partial charge in [0.25, 0.3) is 0 Å². The summed E-state index contributed by atoms with van der Waals surface area (Å²) in [5.41, 5.74) is 2.20. The lowest BCUT2D eigenvalue weighted by Crippen LogP contribution is -2.06. The highest BCUT2D eigenvalue weighted by atomic mass is 35.5. The highest BCUT2D eigenvalue weighted by Crippen LogP contribution is 2.33. The lowest BCUT2D eigenvalue weighted by Gasteiger charge is -2.16. The fraction of sp³-hybridized carbons (Fsp3) is 0.176. The first-order valence-corrected chi connectivity index (χ1v) is 7.85. The van der Waals surface area contributed by atoms with E-state index in [1.54, 1.807) is 0 Å². The Balaban J connectivity index is 1.89. The zero-order valence-corrected chi connectivity index (χ0v) is 13.1. The molecule has 0 saturated heterocycles. The smallest absolute Gasteiger partial charge is 0.0579 e. The van der Waals surface area contributed by atoms with Gasteiger partial charge in [0.15, 0.2) is 0 Å². The largest absolute Gasteiger partial charge is 0.377 e. The lowest BCUT2D eigenvalue weighted by molar-refractivity contribution is 0.906. The molecule has 3 aromatic rings. The van der Waals surface area contributed by atoms with Crippen molar-refractivity contribution < 1.29 is 0 Å². The summed E-state index contributed by atoms with van der Waals surface area (Å²) < 4.78 is 1.33. The van der Waals surface area contributed by atoms with E-state index in [2.05, 4.69) is 48.6 Å². The molecule has 20 heavy (non-hydrogen) atoms. The molecule has 0 aliphatic carbocycles. The van der Waals surface area contributed by atoms with E-state index in [4.69, 9.17) is 11.6 Å². The topological polar surface area (TPSA) is 12.0 Å². The van der Waals surface area contributed by atoms with Crippen molar-refractivity contribution in [3.8, 4) is 0 Å². The molecule has 1 atom stereocenters. The maximum absolute atomic E-state index is 6.17. The van der Waals surface area contributed by atoms with Crippen LogP contribution in [0.2, 0.25) is 5.02 Å². The number of anilines is 1. The third kappa shape index (κ3) is 2.54. The van der Waals surface area contributed by atoms with E-state index in [9.17, 15) is 0 Å². The van der Waals surface area contributed by atoms with Gasteiger partial charge in [-0.15, -0.1) is 11.3 Å². The molecule has 1 nitrogen and oxygen atoms in total. The molecule has 0 radical (unpaired) electrons. The van der Waals surface area contributed by atoms with E-state index in [-0.39, 0.29) is 6.04 Å². The number of hydrogen-bond donors (Lipinski definition) is 1. The fourth-order valence-electron chi connectivity index (χ4n) is 2.28. The molecular formula is C17H16ClNS. The summed E-state index contributed by atoms with van der Waals surface area (Å²) in [6.45, 7) is 4.23. The SMILES string of the molecule is Cc1c(Cl)cccc1NC(C)c1cc2ccccc2s1. The monoisotopic (exact) mass is 301 g/mol. The predicted molar refractivity (Wildman–Crippen MR) is 90.1 cm³/mol. The van der Waals surface area contributed by atoms with Crippen molar-refractivity contribution in [1.82, 2.24) is 0 Å². The average Bonchev–Trinajstić information content (AvgIpc) is 2.88. The van der Waals surface area contributed by atoms with Crippen LogP contribution in [0.15, 0.2) is 48.5 Å². The summed E-state index contributed by atoms with van der Waals surface area (Å²) >= 11 is 8.01. The number of hydrogen-bond acceptors (Lipinski definition) is 2. The lowest BCUT2D eigenvalue weighted by atomic mass is 10.1. The van der Waals surface area contributed by atoms with Gasteiger partial charge in [-0.25, -0.2) is 0 Å². The Hall–Kier alpha value is -1.51. The summed E-state index contributed by atoms with van der Waals surface area (Å²) in [7, 11) is 0. The minimum Gasteiger partial charge on any atom is -0.377 e. The van der Waals surface area contributed by atoms with E-state index in [0.717, 1.165) is 16.3 Å². The molecule has 3 heteroatoms. The molecule has 102 valence electrons. The van der Waals surface area contributed by atoms with Crippen LogP contribution >= 0.6 is 22.9 Å². The van der Waals surface area contributed by atoms with Crippen LogP contribution in [0.25, 0.3) is 10.1 Å². The third-order valence-corrected chi connectivity index (χ3v) is 5.22. The molecule has 1 aromatic heterocycles. The van der Waals surface area contributed by atoms with Gasteiger partial charge in [0.2, 0.25) is 0 Å². The highest BCUT2D eigenvalue weighted by molar-refractivity contribution is 7.19. The Morgan fingerprint density at radius 2 is 1.90 bits per heavy atom. The van der Waals surface area contributed by atoms with Gasteiger partial charge in [0.05, 0.1) is 6.04 Å². The molecule has 1 unspecified atom stereocenters. The summed E-state index contributed by atoms with van der Waals surface area (Å²) in [5, 5.41) is 5.67. The van der Waals surface area contributed by atoms with Crippen molar-refractivity contribution in [1.29, 1.82) is 0 Å². The number of thiophene rings is 1.